The molecule has 2 aromatic rings. The molecule has 0 heterocycles. The molecule has 0 bridgehead atoms. The Morgan fingerprint density at radius 1 is 1.00 bits per heavy atom. The number of carbonyl (C=O) groups excluding carboxylic acids is 1. The van der Waals surface area contributed by atoms with Crippen molar-refractivity contribution in [1.82, 2.24) is 4.90 Å². The minimum Gasteiger partial charge on any atom is -0.478 e. The summed E-state index contributed by atoms with van der Waals surface area (Å²) in [5.41, 5.74) is 3.84. The third kappa shape index (κ3) is 13.6. The quantitative estimate of drug-likeness (QED) is 0.101. The fraction of sp³-hybridized carbons (Fsp3) is 0.400. The van der Waals surface area contributed by atoms with Crippen molar-refractivity contribution in [2.24, 2.45) is 4.99 Å². The molecule has 7 nitrogen and oxygen atoms in total. The molecule has 0 atom stereocenters. The number of aliphatic hydroxyl groups excluding tert-OH is 1. The number of amides is 1. The van der Waals surface area contributed by atoms with Gasteiger partial charge in [-0.15, -0.1) is 0 Å². The van der Waals surface area contributed by atoms with Gasteiger partial charge in [0.1, 0.15) is 0 Å². The fourth-order valence-electron chi connectivity index (χ4n) is 4.03. The Morgan fingerprint density at radius 3 is 2.36 bits per heavy atom. The molecule has 3 N–H and O–H groups in total. The zero-order chi connectivity index (χ0) is 31.2. The number of carboxylic acids is 1. The molecule has 0 aliphatic carbocycles. The standard InChI is InChI=1S/C32H41N3O3.C3H8O/c1-5-9-10-11-12-20-33-29-19-18-28(32(37)38)22-30(29)34-23-26-16-13-17-27(21-26)31(36)35(8-4)24-25(14-6-2)15-7-3;1-2-3-4/h6-7,13-19,21-23,33H,2,5,8-12,20,24H2,1,3-4H3,(H,37,38);4H,2-3H2,1H3/b15-7-,25-14+,34-23?;. The van der Waals surface area contributed by atoms with Gasteiger partial charge in [-0.05, 0) is 68.2 Å². The highest BCUT2D eigenvalue weighted by atomic mass is 16.4. The van der Waals surface area contributed by atoms with Crippen molar-refractivity contribution in [3.8, 4) is 0 Å². The van der Waals surface area contributed by atoms with Crippen LogP contribution in [0.2, 0.25) is 0 Å². The van der Waals surface area contributed by atoms with E-state index < -0.39 is 5.97 Å². The number of aliphatic imine (C=N–C) groups is 1. The number of nitrogens with zero attached hydrogens (tertiary/aromatic N) is 2. The highest BCUT2D eigenvalue weighted by Crippen LogP contribution is 2.27. The normalized spacial score (nSPS) is 11.3. The minimum absolute atomic E-state index is 0.0690. The van der Waals surface area contributed by atoms with Crippen molar-refractivity contribution in [3.05, 3.63) is 95.6 Å². The van der Waals surface area contributed by atoms with E-state index >= 15 is 0 Å². The molecule has 0 aromatic heterocycles. The predicted octanol–water partition coefficient (Wildman–Crippen LogP) is 8.06. The fourth-order valence-corrected chi connectivity index (χ4v) is 4.03. The molecule has 0 aliphatic heterocycles. The van der Waals surface area contributed by atoms with Gasteiger partial charge in [0.25, 0.3) is 5.91 Å². The van der Waals surface area contributed by atoms with Gasteiger partial charge >= 0.3 is 5.97 Å². The van der Waals surface area contributed by atoms with Crippen LogP contribution in [0.5, 0.6) is 0 Å². The van der Waals surface area contributed by atoms with Gasteiger partial charge in [-0.1, -0.05) is 82.5 Å². The van der Waals surface area contributed by atoms with Crippen molar-refractivity contribution in [1.29, 1.82) is 0 Å². The number of carbonyl (C=O) groups is 2. The van der Waals surface area contributed by atoms with E-state index in [-0.39, 0.29) is 11.5 Å². The highest BCUT2D eigenvalue weighted by Gasteiger charge is 2.15. The third-order valence-electron chi connectivity index (χ3n) is 6.31. The summed E-state index contributed by atoms with van der Waals surface area (Å²) in [5.74, 6) is -1.07. The lowest BCUT2D eigenvalue weighted by Gasteiger charge is -2.21. The second kappa shape index (κ2) is 21.7. The van der Waals surface area contributed by atoms with Crippen molar-refractivity contribution in [3.63, 3.8) is 0 Å². The molecule has 42 heavy (non-hydrogen) atoms. The van der Waals surface area contributed by atoms with Crippen molar-refractivity contribution >= 4 is 29.5 Å². The van der Waals surface area contributed by atoms with Crippen LogP contribution in [0, 0.1) is 0 Å². The maximum atomic E-state index is 13.3. The Labute approximate surface area is 252 Å². The molecule has 0 saturated carbocycles. The number of anilines is 1. The highest BCUT2D eigenvalue weighted by molar-refractivity contribution is 5.97. The molecule has 0 fully saturated rings. The molecule has 0 radical (unpaired) electrons. The number of nitrogens with one attached hydrogen (secondary N) is 1. The van der Waals surface area contributed by atoms with Gasteiger partial charge in [-0.3, -0.25) is 9.79 Å². The van der Waals surface area contributed by atoms with Crippen molar-refractivity contribution in [2.75, 3.05) is 31.6 Å². The first-order chi connectivity index (χ1) is 20.3. The van der Waals surface area contributed by atoms with Crippen LogP contribution in [-0.4, -0.2) is 59.4 Å². The molecule has 1 amide bonds. The summed E-state index contributed by atoms with van der Waals surface area (Å²) >= 11 is 0. The average Bonchev–Trinajstić information content (AvgIpc) is 3.00. The van der Waals surface area contributed by atoms with Crippen LogP contribution in [-0.2, 0) is 0 Å². The molecule has 0 saturated heterocycles. The van der Waals surface area contributed by atoms with E-state index in [4.69, 9.17) is 5.11 Å². The second-order valence-electron chi connectivity index (χ2n) is 9.78. The number of rotatable bonds is 17. The third-order valence-corrected chi connectivity index (χ3v) is 6.31. The van der Waals surface area contributed by atoms with Crippen LogP contribution in [0.4, 0.5) is 11.4 Å². The summed E-state index contributed by atoms with van der Waals surface area (Å²) in [4.78, 5) is 31.2. The van der Waals surface area contributed by atoms with E-state index in [0.717, 1.165) is 42.6 Å². The van der Waals surface area contributed by atoms with Gasteiger partial charge in [-0.25, -0.2) is 4.79 Å². The summed E-state index contributed by atoms with van der Waals surface area (Å²) in [6, 6.07) is 12.2. The zero-order valence-corrected chi connectivity index (χ0v) is 25.8. The Morgan fingerprint density at radius 2 is 1.74 bits per heavy atom. The summed E-state index contributed by atoms with van der Waals surface area (Å²) < 4.78 is 0. The first-order valence-corrected chi connectivity index (χ1v) is 14.9. The number of hydrogen-bond acceptors (Lipinski definition) is 5. The lowest BCUT2D eigenvalue weighted by Crippen LogP contribution is -2.32. The maximum absolute atomic E-state index is 13.3. The van der Waals surface area contributed by atoms with Crippen LogP contribution >= 0.6 is 0 Å². The number of aliphatic hydroxyl groups is 1. The van der Waals surface area contributed by atoms with E-state index in [1.807, 2.05) is 57.2 Å². The van der Waals surface area contributed by atoms with E-state index in [9.17, 15) is 14.7 Å². The monoisotopic (exact) mass is 575 g/mol. The van der Waals surface area contributed by atoms with Crippen LogP contribution in [0.3, 0.4) is 0 Å². The summed E-state index contributed by atoms with van der Waals surface area (Å²) in [6.07, 6.45) is 15.9. The number of benzene rings is 2. The molecule has 2 aromatic carbocycles. The van der Waals surface area contributed by atoms with E-state index in [1.165, 1.54) is 19.3 Å². The lowest BCUT2D eigenvalue weighted by molar-refractivity contribution is 0.0696. The van der Waals surface area contributed by atoms with Crippen LogP contribution in [0.1, 0.15) is 92.5 Å². The number of unbranched alkanes of at least 4 members (excludes halogenated alkanes) is 4. The predicted molar refractivity (Wildman–Crippen MR) is 176 cm³/mol. The second-order valence-corrected chi connectivity index (χ2v) is 9.78. The molecule has 0 spiro atoms. The Hall–Kier alpha value is -3.97. The molecule has 0 aliphatic rings. The van der Waals surface area contributed by atoms with Gasteiger partial charge in [-0.2, -0.15) is 0 Å². The topological polar surface area (TPSA) is 102 Å². The van der Waals surface area contributed by atoms with Gasteiger partial charge in [0.15, 0.2) is 0 Å². The maximum Gasteiger partial charge on any atom is 0.335 e. The summed E-state index contributed by atoms with van der Waals surface area (Å²) in [7, 11) is 0. The van der Waals surface area contributed by atoms with Crippen LogP contribution < -0.4 is 5.32 Å². The molecule has 0 unspecified atom stereocenters. The number of likely N-dealkylation sites (N-methyl/N-ethyl adjacent to an activating group) is 1. The van der Waals surface area contributed by atoms with Gasteiger partial charge in [0.05, 0.1) is 16.9 Å². The summed E-state index contributed by atoms with van der Waals surface area (Å²) in [5, 5.41) is 20.7. The largest absolute Gasteiger partial charge is 0.478 e. The van der Waals surface area contributed by atoms with Gasteiger partial charge < -0.3 is 20.4 Å². The number of aromatic carboxylic acids is 1. The van der Waals surface area contributed by atoms with E-state index in [1.54, 1.807) is 41.5 Å². The number of carboxylic acid groups (broad SMARTS) is 1. The molecular weight excluding hydrogens is 526 g/mol. The first-order valence-electron chi connectivity index (χ1n) is 14.9. The number of hydrogen-bond donors (Lipinski definition) is 3. The SMILES string of the molecule is C=C/C=C(\C=C/C)CN(CC)C(=O)c1cccc(C=Nc2cc(C(=O)O)ccc2NCCCCCCC)c1.CCCO. The van der Waals surface area contributed by atoms with E-state index in [2.05, 4.69) is 23.8 Å². The molecule has 7 heteroatoms. The summed E-state index contributed by atoms with van der Waals surface area (Å²) in [6.45, 7) is 14.0. The van der Waals surface area contributed by atoms with Crippen molar-refractivity contribution in [2.45, 2.75) is 66.2 Å². The molecule has 2 rings (SSSR count). The number of allylic oxidation sites excluding steroid dienone is 3. The smallest absolute Gasteiger partial charge is 0.335 e. The first kappa shape index (κ1) is 36.1. The van der Waals surface area contributed by atoms with Gasteiger partial charge in [0, 0.05) is 38.0 Å². The molecular formula is C35H49N3O4. The van der Waals surface area contributed by atoms with Crippen LogP contribution in [0.15, 0.2) is 83.9 Å². The zero-order valence-electron chi connectivity index (χ0n) is 25.8. The van der Waals surface area contributed by atoms with Crippen molar-refractivity contribution < 1.29 is 19.8 Å². The minimum atomic E-state index is -0.998. The van der Waals surface area contributed by atoms with Gasteiger partial charge in [0.2, 0.25) is 0 Å². The Kier molecular flexibility index (Phi) is 18.7. The van der Waals surface area contributed by atoms with E-state index in [0.29, 0.717) is 30.9 Å². The molecule has 228 valence electrons. The Balaban J connectivity index is 0.00000206. The Bertz CT molecular complexity index is 1200. The average molecular weight is 576 g/mol. The lowest BCUT2D eigenvalue weighted by atomic mass is 10.1. The van der Waals surface area contributed by atoms with Crippen LogP contribution in [0.25, 0.3) is 0 Å².